The molecule has 24 heavy (non-hydrogen) atoms. The molecule has 1 atom stereocenters. The third-order valence-electron chi connectivity index (χ3n) is 3.43. The monoisotopic (exact) mass is 383 g/mol. The summed E-state index contributed by atoms with van der Waals surface area (Å²) in [4.78, 5) is 12.2. The molecule has 2 rings (SSSR count). The fraction of sp³-hybridized carbons (Fsp3) is 0.278. The first kappa shape index (κ1) is 19.0. The van der Waals surface area contributed by atoms with Gasteiger partial charge in [0.05, 0.1) is 11.9 Å². The Kier molecular flexibility index (Phi) is 7.28. The van der Waals surface area contributed by atoms with Crippen molar-refractivity contribution in [2.45, 2.75) is 19.1 Å². The minimum absolute atomic E-state index is 0.0446. The molecule has 1 amide bonds. The summed E-state index contributed by atoms with van der Waals surface area (Å²) >= 11 is 13.4. The number of hydrogen-bond acceptors (Lipinski definition) is 3. The number of halogens is 2. The van der Waals surface area contributed by atoms with Crippen molar-refractivity contribution in [2.24, 2.45) is 0 Å². The normalized spacial score (nSPS) is 11.8. The lowest BCUT2D eigenvalue weighted by atomic mass is 10.2. The summed E-state index contributed by atoms with van der Waals surface area (Å²) in [5.41, 5.74) is 1.62. The van der Waals surface area contributed by atoms with E-state index in [0.29, 0.717) is 22.4 Å². The van der Waals surface area contributed by atoms with Crippen molar-refractivity contribution in [2.75, 3.05) is 17.7 Å². The lowest BCUT2D eigenvalue weighted by molar-refractivity contribution is -0.115. The van der Waals surface area contributed by atoms with Gasteiger partial charge >= 0.3 is 0 Å². The van der Waals surface area contributed by atoms with E-state index in [-0.39, 0.29) is 11.2 Å². The van der Waals surface area contributed by atoms with Crippen LogP contribution in [0.3, 0.4) is 0 Å². The average Bonchev–Trinajstić information content (AvgIpc) is 2.57. The highest BCUT2D eigenvalue weighted by Gasteiger charge is 2.14. The molecular weight excluding hydrogens is 365 g/mol. The van der Waals surface area contributed by atoms with Gasteiger partial charge < -0.3 is 10.1 Å². The number of amides is 1. The Morgan fingerprint density at radius 2 is 1.92 bits per heavy atom. The van der Waals surface area contributed by atoms with Crippen molar-refractivity contribution >= 4 is 46.6 Å². The third kappa shape index (κ3) is 5.62. The first-order valence-electron chi connectivity index (χ1n) is 7.53. The van der Waals surface area contributed by atoms with Gasteiger partial charge in [-0.05, 0) is 55.8 Å². The van der Waals surface area contributed by atoms with Gasteiger partial charge in [-0.15, -0.1) is 11.8 Å². The molecule has 6 heteroatoms. The molecule has 0 bridgehead atoms. The van der Waals surface area contributed by atoms with Gasteiger partial charge in [-0.1, -0.05) is 29.3 Å². The van der Waals surface area contributed by atoms with Crippen molar-refractivity contribution in [3.63, 3.8) is 0 Å². The maximum atomic E-state index is 12.2. The van der Waals surface area contributed by atoms with Crippen molar-refractivity contribution in [1.82, 2.24) is 0 Å². The smallest absolute Gasteiger partial charge is 0.237 e. The highest BCUT2D eigenvalue weighted by molar-refractivity contribution is 8.00. The lowest BCUT2D eigenvalue weighted by Crippen LogP contribution is -2.23. The fourth-order valence-electron chi connectivity index (χ4n) is 1.97. The molecule has 0 aliphatic heterocycles. The molecule has 128 valence electrons. The Hall–Kier alpha value is -1.36. The number of anilines is 1. The zero-order valence-corrected chi connectivity index (χ0v) is 15.8. The van der Waals surface area contributed by atoms with E-state index in [0.717, 1.165) is 17.0 Å². The molecule has 0 aromatic heterocycles. The first-order valence-corrected chi connectivity index (χ1v) is 9.34. The van der Waals surface area contributed by atoms with Crippen LogP contribution in [0.4, 0.5) is 5.69 Å². The second-order valence-electron chi connectivity index (χ2n) is 5.22. The topological polar surface area (TPSA) is 38.3 Å². The second kappa shape index (κ2) is 9.21. The quantitative estimate of drug-likeness (QED) is 0.646. The summed E-state index contributed by atoms with van der Waals surface area (Å²) < 4.78 is 5.62. The molecular formula is C18H19Cl2NO2S. The molecule has 2 aromatic rings. The Morgan fingerprint density at radius 3 is 2.62 bits per heavy atom. The Balaban J connectivity index is 1.75. The number of benzene rings is 2. The Bertz CT molecular complexity index is 692. The van der Waals surface area contributed by atoms with Crippen molar-refractivity contribution < 1.29 is 9.53 Å². The van der Waals surface area contributed by atoms with Crippen LogP contribution in [0.2, 0.25) is 10.0 Å². The highest BCUT2D eigenvalue weighted by Crippen LogP contribution is 2.24. The number of carbonyl (C=O) groups excluding carboxylic acids is 1. The van der Waals surface area contributed by atoms with Crippen LogP contribution < -0.4 is 10.1 Å². The van der Waals surface area contributed by atoms with Crippen LogP contribution in [0.15, 0.2) is 42.5 Å². The Labute approximate surface area is 156 Å². The van der Waals surface area contributed by atoms with Crippen molar-refractivity contribution in [1.29, 1.82) is 0 Å². The van der Waals surface area contributed by atoms with Crippen LogP contribution in [0.5, 0.6) is 5.75 Å². The van der Waals surface area contributed by atoms with E-state index in [1.54, 1.807) is 30.0 Å². The summed E-state index contributed by atoms with van der Waals surface area (Å²) in [6, 6.07) is 12.7. The number of rotatable bonds is 7. The summed E-state index contributed by atoms with van der Waals surface area (Å²) in [6.07, 6.45) is 0. The number of hydrogen-bond donors (Lipinski definition) is 1. The molecule has 2 aromatic carbocycles. The van der Waals surface area contributed by atoms with Crippen LogP contribution in [0.25, 0.3) is 0 Å². The summed E-state index contributed by atoms with van der Waals surface area (Å²) in [7, 11) is 0. The molecule has 0 aliphatic rings. The number of ether oxygens (including phenoxy) is 1. The standard InChI is InChI=1S/C18H19Cl2NO2S/c1-12-16(20)4-3-5-17(12)21-18(22)13(2)24-11-10-23-15-8-6-14(19)7-9-15/h3-9,13H,10-11H2,1-2H3,(H,21,22). The van der Waals surface area contributed by atoms with Crippen LogP contribution in [-0.4, -0.2) is 23.5 Å². The van der Waals surface area contributed by atoms with Crippen molar-refractivity contribution in [3.05, 3.63) is 58.1 Å². The van der Waals surface area contributed by atoms with E-state index >= 15 is 0 Å². The summed E-state index contributed by atoms with van der Waals surface area (Å²) in [5.74, 6) is 1.44. The van der Waals surface area contributed by atoms with E-state index < -0.39 is 0 Å². The summed E-state index contributed by atoms with van der Waals surface area (Å²) in [6.45, 7) is 4.29. The zero-order valence-electron chi connectivity index (χ0n) is 13.5. The molecule has 0 saturated heterocycles. The molecule has 1 unspecified atom stereocenters. The number of nitrogens with one attached hydrogen (secondary N) is 1. The molecule has 0 spiro atoms. The minimum atomic E-state index is -0.183. The van der Waals surface area contributed by atoms with Gasteiger partial charge in [-0.3, -0.25) is 4.79 Å². The van der Waals surface area contributed by atoms with Gasteiger partial charge in [-0.25, -0.2) is 0 Å². The molecule has 0 saturated carbocycles. The van der Waals surface area contributed by atoms with Gasteiger partial charge in [0.1, 0.15) is 5.75 Å². The predicted octanol–water partition coefficient (Wildman–Crippen LogP) is 5.44. The molecule has 0 aliphatic carbocycles. The largest absolute Gasteiger partial charge is 0.493 e. The molecule has 3 nitrogen and oxygen atoms in total. The van der Waals surface area contributed by atoms with Crippen molar-refractivity contribution in [3.8, 4) is 5.75 Å². The average molecular weight is 384 g/mol. The first-order chi connectivity index (χ1) is 11.5. The van der Waals surface area contributed by atoms with Gasteiger partial charge in [0.25, 0.3) is 0 Å². The maximum Gasteiger partial charge on any atom is 0.237 e. The van der Waals surface area contributed by atoms with E-state index in [2.05, 4.69) is 5.32 Å². The lowest BCUT2D eigenvalue weighted by Gasteiger charge is -2.14. The van der Waals surface area contributed by atoms with Crippen LogP contribution in [-0.2, 0) is 4.79 Å². The van der Waals surface area contributed by atoms with Gasteiger partial charge in [-0.2, -0.15) is 0 Å². The SMILES string of the molecule is Cc1c(Cl)cccc1NC(=O)C(C)SCCOc1ccc(Cl)cc1. The Morgan fingerprint density at radius 1 is 1.21 bits per heavy atom. The predicted molar refractivity (Wildman–Crippen MR) is 104 cm³/mol. The molecule has 0 radical (unpaired) electrons. The number of thioether (sulfide) groups is 1. The minimum Gasteiger partial charge on any atom is -0.493 e. The van der Waals surface area contributed by atoms with Gasteiger partial charge in [0.2, 0.25) is 5.91 Å². The van der Waals surface area contributed by atoms with E-state index in [4.69, 9.17) is 27.9 Å². The van der Waals surface area contributed by atoms with E-state index in [1.807, 2.05) is 38.1 Å². The van der Waals surface area contributed by atoms with Crippen LogP contribution >= 0.6 is 35.0 Å². The highest BCUT2D eigenvalue weighted by atomic mass is 35.5. The zero-order chi connectivity index (χ0) is 17.5. The van der Waals surface area contributed by atoms with Crippen LogP contribution in [0.1, 0.15) is 12.5 Å². The van der Waals surface area contributed by atoms with E-state index in [1.165, 1.54) is 0 Å². The fourth-order valence-corrected chi connectivity index (χ4v) is 3.01. The van der Waals surface area contributed by atoms with Crippen LogP contribution in [0, 0.1) is 6.92 Å². The molecule has 0 heterocycles. The maximum absolute atomic E-state index is 12.2. The van der Waals surface area contributed by atoms with Gasteiger partial charge in [0.15, 0.2) is 0 Å². The van der Waals surface area contributed by atoms with E-state index in [9.17, 15) is 4.79 Å². The molecule has 0 fully saturated rings. The molecule has 1 N–H and O–H groups in total. The third-order valence-corrected chi connectivity index (χ3v) is 5.21. The second-order valence-corrected chi connectivity index (χ2v) is 7.51. The summed E-state index contributed by atoms with van der Waals surface area (Å²) in [5, 5.41) is 4.05. The number of carbonyl (C=O) groups is 1. The van der Waals surface area contributed by atoms with Gasteiger partial charge in [0, 0.05) is 21.5 Å².